The molecule has 0 radical (unpaired) electrons. The number of imide groups is 1. The molecule has 38 heavy (non-hydrogen) atoms. The number of benzene rings is 1. The Bertz CT molecular complexity index is 1070. The lowest BCUT2D eigenvalue weighted by Crippen LogP contribution is -2.51. The molecular weight excluding hydrogens is 482 g/mol. The van der Waals surface area contributed by atoms with Gasteiger partial charge in [0, 0.05) is 13.3 Å². The van der Waals surface area contributed by atoms with Gasteiger partial charge in [-0.2, -0.15) is 0 Å². The van der Waals surface area contributed by atoms with Crippen molar-refractivity contribution >= 4 is 18.0 Å². The maximum absolute atomic E-state index is 14.2. The Balaban J connectivity index is 1.96. The van der Waals surface area contributed by atoms with E-state index in [4.69, 9.17) is 13.9 Å². The van der Waals surface area contributed by atoms with Crippen molar-refractivity contribution in [1.29, 1.82) is 0 Å². The SMILES string of the molecule is CCCCCCCc1ccc([C@@H](OC(C)=O)[C@H](Cc2ccccc2)C(=O)N2C(=O)OC(C)(C)[C@@H]2C(C)C)o1. The van der Waals surface area contributed by atoms with Crippen molar-refractivity contribution in [2.75, 3.05) is 0 Å². The number of carbonyl (C=O) groups excluding carboxylic acids is 3. The van der Waals surface area contributed by atoms with Gasteiger partial charge in [-0.05, 0) is 50.3 Å². The largest absolute Gasteiger partial charge is 0.462 e. The number of aryl methyl sites for hydroxylation is 1. The molecule has 0 spiro atoms. The van der Waals surface area contributed by atoms with Gasteiger partial charge in [0.1, 0.15) is 17.1 Å². The maximum atomic E-state index is 14.2. The molecule has 7 nitrogen and oxygen atoms in total. The molecule has 0 aliphatic carbocycles. The highest BCUT2D eigenvalue weighted by atomic mass is 16.6. The minimum absolute atomic E-state index is 0.0344. The lowest BCUT2D eigenvalue weighted by molar-refractivity contribution is -0.156. The number of carbonyl (C=O) groups is 3. The molecule has 0 saturated carbocycles. The Morgan fingerprint density at radius 2 is 1.71 bits per heavy atom. The zero-order valence-electron chi connectivity index (χ0n) is 23.7. The second-order valence-electron chi connectivity index (χ2n) is 11.2. The van der Waals surface area contributed by atoms with E-state index in [2.05, 4.69) is 6.92 Å². The molecular formula is C31H43NO6. The van der Waals surface area contributed by atoms with Gasteiger partial charge in [0.2, 0.25) is 5.91 Å². The number of cyclic esters (lactones) is 1. The third-order valence-electron chi connectivity index (χ3n) is 7.17. The highest BCUT2D eigenvalue weighted by Crippen LogP contribution is 2.39. The van der Waals surface area contributed by atoms with Crippen LogP contribution in [0, 0.1) is 11.8 Å². The van der Waals surface area contributed by atoms with Crippen LogP contribution in [0.25, 0.3) is 0 Å². The summed E-state index contributed by atoms with van der Waals surface area (Å²) in [4.78, 5) is 40.8. The van der Waals surface area contributed by atoms with Crippen LogP contribution in [0.15, 0.2) is 46.9 Å². The summed E-state index contributed by atoms with van der Waals surface area (Å²) >= 11 is 0. The predicted octanol–water partition coefficient (Wildman–Crippen LogP) is 7.04. The number of unbranched alkanes of at least 4 members (excludes halogenated alkanes) is 4. The molecule has 1 saturated heterocycles. The highest BCUT2D eigenvalue weighted by molar-refractivity contribution is 5.96. The molecule has 1 aromatic heterocycles. The normalized spacial score (nSPS) is 18.3. The fraction of sp³-hybridized carbons (Fsp3) is 0.581. The van der Waals surface area contributed by atoms with Gasteiger partial charge < -0.3 is 13.9 Å². The first-order chi connectivity index (χ1) is 18.0. The molecule has 1 aromatic carbocycles. The fourth-order valence-electron chi connectivity index (χ4n) is 5.56. The first kappa shape index (κ1) is 29.5. The second-order valence-corrected chi connectivity index (χ2v) is 11.2. The smallest absolute Gasteiger partial charge is 0.417 e. The zero-order chi connectivity index (χ0) is 27.9. The minimum atomic E-state index is -0.988. The number of ether oxygens (including phenoxy) is 2. The quantitative estimate of drug-likeness (QED) is 0.206. The van der Waals surface area contributed by atoms with Crippen LogP contribution in [-0.4, -0.2) is 34.5 Å². The van der Waals surface area contributed by atoms with Crippen LogP contribution in [0.5, 0.6) is 0 Å². The molecule has 3 rings (SSSR count). The van der Waals surface area contributed by atoms with Crippen molar-refractivity contribution in [3.05, 3.63) is 59.5 Å². The van der Waals surface area contributed by atoms with Gasteiger partial charge in [0.15, 0.2) is 6.10 Å². The maximum Gasteiger partial charge on any atom is 0.417 e. The van der Waals surface area contributed by atoms with Gasteiger partial charge >= 0.3 is 12.1 Å². The third-order valence-corrected chi connectivity index (χ3v) is 7.17. The summed E-state index contributed by atoms with van der Waals surface area (Å²) in [5, 5.41) is 0. The molecule has 208 valence electrons. The lowest BCUT2D eigenvalue weighted by atomic mass is 9.86. The Morgan fingerprint density at radius 1 is 1.03 bits per heavy atom. The van der Waals surface area contributed by atoms with Gasteiger partial charge in [0.05, 0.1) is 12.0 Å². The minimum Gasteiger partial charge on any atom is -0.462 e. The molecule has 1 aliphatic rings. The van der Waals surface area contributed by atoms with Crippen molar-refractivity contribution in [2.45, 2.75) is 104 Å². The predicted molar refractivity (Wildman–Crippen MR) is 145 cm³/mol. The molecule has 2 amide bonds. The topological polar surface area (TPSA) is 86.1 Å². The van der Waals surface area contributed by atoms with Gasteiger partial charge in [-0.15, -0.1) is 0 Å². The number of hydrogen-bond donors (Lipinski definition) is 0. The van der Waals surface area contributed by atoms with Gasteiger partial charge in [0.25, 0.3) is 0 Å². The van der Waals surface area contributed by atoms with Crippen molar-refractivity contribution in [1.82, 2.24) is 4.90 Å². The monoisotopic (exact) mass is 525 g/mol. The molecule has 0 bridgehead atoms. The number of nitrogens with zero attached hydrogens (tertiary/aromatic N) is 1. The molecule has 2 aromatic rings. The molecule has 1 fully saturated rings. The molecule has 3 atom stereocenters. The summed E-state index contributed by atoms with van der Waals surface area (Å²) in [6.07, 6.45) is 5.09. The average molecular weight is 526 g/mol. The van der Waals surface area contributed by atoms with Crippen molar-refractivity contribution in [2.24, 2.45) is 11.8 Å². The Morgan fingerprint density at radius 3 is 2.34 bits per heavy atom. The van der Waals surface area contributed by atoms with E-state index in [9.17, 15) is 14.4 Å². The molecule has 7 heteroatoms. The van der Waals surface area contributed by atoms with E-state index in [1.165, 1.54) is 31.1 Å². The van der Waals surface area contributed by atoms with E-state index in [0.29, 0.717) is 5.76 Å². The third kappa shape index (κ3) is 7.27. The number of amides is 2. The number of rotatable bonds is 13. The standard InChI is InChI=1S/C31H43NO6/c1-7-8-9-10-14-17-24-18-19-26(37-24)27(36-22(4)33)25(20-23-15-12-11-13-16-23)29(34)32-28(21(2)3)31(5,6)38-30(32)35/h11-13,15-16,18-19,21,25,27-28H,7-10,14,17,20H2,1-6H3/t25-,27-,28-/m0/s1. The van der Waals surface area contributed by atoms with Crippen LogP contribution < -0.4 is 0 Å². The van der Waals surface area contributed by atoms with Crippen LogP contribution in [0.1, 0.15) is 96.8 Å². The molecule has 0 unspecified atom stereocenters. The first-order valence-electron chi connectivity index (χ1n) is 13.9. The van der Waals surface area contributed by atoms with E-state index in [-0.39, 0.29) is 12.3 Å². The number of hydrogen-bond acceptors (Lipinski definition) is 6. The number of furan rings is 1. The summed E-state index contributed by atoms with van der Waals surface area (Å²) < 4.78 is 17.6. The average Bonchev–Trinajstić information content (AvgIpc) is 3.42. The Kier molecular flexibility index (Phi) is 10.2. The van der Waals surface area contributed by atoms with Crippen molar-refractivity contribution < 1.29 is 28.3 Å². The van der Waals surface area contributed by atoms with Crippen LogP contribution in [0.4, 0.5) is 4.79 Å². The van der Waals surface area contributed by atoms with Gasteiger partial charge in [-0.3, -0.25) is 9.59 Å². The van der Waals surface area contributed by atoms with E-state index >= 15 is 0 Å². The second kappa shape index (κ2) is 13.1. The Labute approximate surface area is 226 Å². The van der Waals surface area contributed by atoms with Gasteiger partial charge in [-0.1, -0.05) is 76.8 Å². The number of esters is 1. The summed E-state index contributed by atoms with van der Waals surface area (Å²) in [6, 6.07) is 12.7. The summed E-state index contributed by atoms with van der Waals surface area (Å²) in [7, 11) is 0. The summed E-state index contributed by atoms with van der Waals surface area (Å²) in [5.74, 6) is -0.678. The molecule has 1 aliphatic heterocycles. The molecule has 0 N–H and O–H groups in total. The summed E-state index contributed by atoms with van der Waals surface area (Å²) in [5.41, 5.74) is 0.0451. The van der Waals surface area contributed by atoms with Gasteiger partial charge in [-0.25, -0.2) is 9.69 Å². The Hall–Kier alpha value is -3.09. The van der Waals surface area contributed by atoms with Crippen LogP contribution in [-0.2, 0) is 31.9 Å². The molecule has 2 heterocycles. The van der Waals surface area contributed by atoms with Crippen LogP contribution in [0.2, 0.25) is 0 Å². The van der Waals surface area contributed by atoms with Crippen LogP contribution >= 0.6 is 0 Å². The zero-order valence-corrected chi connectivity index (χ0v) is 23.7. The fourth-order valence-corrected chi connectivity index (χ4v) is 5.56. The van der Waals surface area contributed by atoms with Crippen molar-refractivity contribution in [3.63, 3.8) is 0 Å². The van der Waals surface area contributed by atoms with E-state index < -0.39 is 41.6 Å². The summed E-state index contributed by atoms with van der Waals surface area (Å²) in [6.45, 7) is 11.1. The lowest BCUT2D eigenvalue weighted by Gasteiger charge is -2.34. The van der Waals surface area contributed by atoms with E-state index in [1.807, 2.05) is 64.1 Å². The highest BCUT2D eigenvalue weighted by Gasteiger charge is 2.54. The van der Waals surface area contributed by atoms with Crippen molar-refractivity contribution in [3.8, 4) is 0 Å². The van der Waals surface area contributed by atoms with E-state index in [1.54, 1.807) is 6.07 Å². The van der Waals surface area contributed by atoms with Crippen LogP contribution in [0.3, 0.4) is 0 Å². The van der Waals surface area contributed by atoms with E-state index in [0.717, 1.165) is 30.6 Å². The first-order valence-corrected chi connectivity index (χ1v) is 13.9.